The summed E-state index contributed by atoms with van der Waals surface area (Å²) in [7, 11) is 0. The molecule has 9 aromatic carbocycles. The summed E-state index contributed by atoms with van der Waals surface area (Å²) < 4.78 is 6.65. The van der Waals surface area contributed by atoms with E-state index in [4.69, 9.17) is 4.74 Å². The Morgan fingerprint density at radius 3 is 1.44 bits per heavy atom. The Morgan fingerprint density at radius 2 is 0.814 bits per heavy atom. The van der Waals surface area contributed by atoms with E-state index >= 15 is 0 Å². The number of nitrogens with zero attached hydrogens (tertiary/aromatic N) is 3. The van der Waals surface area contributed by atoms with Crippen LogP contribution in [0.2, 0.25) is 0 Å². The van der Waals surface area contributed by atoms with E-state index in [2.05, 4.69) is 245 Å². The van der Waals surface area contributed by atoms with Crippen molar-refractivity contribution in [3.8, 4) is 22.6 Å². The molecule has 0 bridgehead atoms. The van der Waals surface area contributed by atoms with Gasteiger partial charge in [0.15, 0.2) is 0 Å². The van der Waals surface area contributed by atoms with E-state index in [0.29, 0.717) is 0 Å². The third kappa shape index (κ3) is 6.12. The predicted molar refractivity (Wildman–Crippen MR) is 247 cm³/mol. The lowest BCUT2D eigenvalue weighted by Crippen LogP contribution is -2.59. The third-order valence-electron chi connectivity index (χ3n) is 11.5. The van der Waals surface area contributed by atoms with Crippen LogP contribution in [0.1, 0.15) is 0 Å². The van der Waals surface area contributed by atoms with E-state index in [1.165, 1.54) is 27.5 Å². The zero-order valence-corrected chi connectivity index (χ0v) is 32.3. The summed E-state index contributed by atoms with van der Waals surface area (Å²) in [5.74, 6) is 1.80. The van der Waals surface area contributed by atoms with E-state index in [9.17, 15) is 0 Å². The minimum atomic E-state index is 0.00714. The fraction of sp³-hybridized carbons (Fsp3) is 0. The first-order chi connectivity index (χ1) is 29.3. The van der Waals surface area contributed by atoms with Gasteiger partial charge in [-0.2, -0.15) is 0 Å². The van der Waals surface area contributed by atoms with Crippen LogP contribution in [0, 0.1) is 0 Å². The molecule has 4 nitrogen and oxygen atoms in total. The van der Waals surface area contributed by atoms with Crippen LogP contribution in [0.3, 0.4) is 0 Å². The van der Waals surface area contributed by atoms with Gasteiger partial charge in [-0.25, -0.2) is 0 Å². The van der Waals surface area contributed by atoms with Gasteiger partial charge in [0.1, 0.15) is 11.5 Å². The van der Waals surface area contributed by atoms with E-state index in [0.717, 1.165) is 62.7 Å². The van der Waals surface area contributed by atoms with Crippen molar-refractivity contribution in [3.63, 3.8) is 0 Å². The average molecular weight is 756 g/mol. The molecule has 0 N–H and O–H groups in total. The quantitative estimate of drug-likeness (QED) is 0.144. The molecule has 59 heavy (non-hydrogen) atoms. The van der Waals surface area contributed by atoms with Crippen molar-refractivity contribution in [2.24, 2.45) is 0 Å². The molecular formula is C54H38BN3O. The van der Waals surface area contributed by atoms with Gasteiger partial charge in [0.05, 0.1) is 0 Å². The molecule has 0 aliphatic carbocycles. The van der Waals surface area contributed by atoms with Crippen molar-refractivity contribution >= 4 is 74.3 Å². The summed E-state index contributed by atoms with van der Waals surface area (Å²) >= 11 is 0. The molecule has 9 aromatic rings. The van der Waals surface area contributed by atoms with E-state index in [-0.39, 0.29) is 6.71 Å². The SMILES string of the molecule is c1ccc(-c2ccc(N(c3ccccc3)c3ccc4c(c3)N(c3ccc(N(c5ccccc5)c5ccccc5)cc3)c3cccc5c3B4c3ccccc3O5)cc2)cc1. The molecule has 11 rings (SSSR count). The lowest BCUT2D eigenvalue weighted by molar-refractivity contribution is 0.487. The first kappa shape index (κ1) is 34.5. The molecule has 0 aromatic heterocycles. The van der Waals surface area contributed by atoms with E-state index < -0.39 is 0 Å². The van der Waals surface area contributed by atoms with Crippen LogP contribution >= 0.6 is 0 Å². The van der Waals surface area contributed by atoms with Gasteiger partial charge >= 0.3 is 0 Å². The first-order valence-electron chi connectivity index (χ1n) is 20.1. The summed E-state index contributed by atoms with van der Waals surface area (Å²) in [4.78, 5) is 7.09. The average Bonchev–Trinajstić information content (AvgIpc) is 3.31. The standard InChI is InChI=1S/C54H38BN3O/c1-5-16-39(17-6-1)40-28-30-44(31-29-40)57(43-22-11-4-12-23-43)47-36-37-48-51(38-47)58(50-25-15-27-53-54(50)55(48)49-24-13-14-26-52(49)59-53)46-34-32-45(33-35-46)56(41-18-7-2-8-19-41)42-20-9-3-10-21-42/h1-38H. The largest absolute Gasteiger partial charge is 0.458 e. The second-order valence-electron chi connectivity index (χ2n) is 14.9. The molecule has 278 valence electrons. The summed E-state index contributed by atoms with van der Waals surface area (Å²) in [6.07, 6.45) is 0. The number of ether oxygens (including phenoxy) is 1. The van der Waals surface area contributed by atoms with Crippen LogP contribution in [0.25, 0.3) is 11.1 Å². The van der Waals surface area contributed by atoms with Crippen LogP contribution in [-0.4, -0.2) is 6.71 Å². The molecule has 2 aliphatic heterocycles. The van der Waals surface area contributed by atoms with Gasteiger partial charge < -0.3 is 19.4 Å². The van der Waals surface area contributed by atoms with Crippen LogP contribution < -0.4 is 35.8 Å². The van der Waals surface area contributed by atoms with Crippen LogP contribution in [0.5, 0.6) is 11.5 Å². The van der Waals surface area contributed by atoms with Gasteiger partial charge in [0.25, 0.3) is 6.71 Å². The predicted octanol–water partition coefficient (Wildman–Crippen LogP) is 12.7. The fourth-order valence-electron chi connectivity index (χ4n) is 8.84. The highest BCUT2D eigenvalue weighted by atomic mass is 16.5. The molecular weight excluding hydrogens is 717 g/mol. The summed E-state index contributed by atoms with van der Waals surface area (Å²) in [5.41, 5.74) is 15.8. The normalized spacial score (nSPS) is 12.1. The van der Waals surface area contributed by atoms with Crippen LogP contribution in [0.15, 0.2) is 231 Å². The van der Waals surface area contributed by atoms with Crippen molar-refractivity contribution in [1.29, 1.82) is 0 Å². The Morgan fingerprint density at radius 1 is 0.339 bits per heavy atom. The number of para-hydroxylation sites is 4. The fourth-order valence-corrected chi connectivity index (χ4v) is 8.84. The number of anilines is 9. The molecule has 0 saturated heterocycles. The maximum Gasteiger partial charge on any atom is 0.256 e. The van der Waals surface area contributed by atoms with Crippen LogP contribution in [0.4, 0.5) is 51.2 Å². The van der Waals surface area contributed by atoms with Crippen molar-refractivity contribution < 1.29 is 4.74 Å². The molecule has 2 heterocycles. The second-order valence-corrected chi connectivity index (χ2v) is 14.9. The lowest BCUT2D eigenvalue weighted by Gasteiger charge is -2.40. The second kappa shape index (κ2) is 14.6. The molecule has 0 unspecified atom stereocenters. The smallest absolute Gasteiger partial charge is 0.256 e. The van der Waals surface area contributed by atoms with Gasteiger partial charge in [-0.15, -0.1) is 0 Å². The maximum absolute atomic E-state index is 6.65. The minimum absolute atomic E-state index is 0.00714. The monoisotopic (exact) mass is 755 g/mol. The maximum atomic E-state index is 6.65. The lowest BCUT2D eigenvalue weighted by atomic mass is 9.34. The Labute approximate surface area is 345 Å². The molecule has 0 spiro atoms. The number of fused-ring (bicyclic) bond motifs is 4. The van der Waals surface area contributed by atoms with Crippen molar-refractivity contribution in [1.82, 2.24) is 0 Å². The van der Waals surface area contributed by atoms with E-state index in [1.807, 2.05) is 0 Å². The highest BCUT2D eigenvalue weighted by Gasteiger charge is 2.41. The highest BCUT2D eigenvalue weighted by molar-refractivity contribution is 6.99. The zero-order chi connectivity index (χ0) is 39.1. The van der Waals surface area contributed by atoms with Crippen molar-refractivity contribution in [2.75, 3.05) is 14.7 Å². The summed E-state index contributed by atoms with van der Waals surface area (Å²) in [6, 6.07) is 82.1. The Bertz CT molecular complexity index is 2870. The molecule has 0 saturated carbocycles. The molecule has 0 radical (unpaired) electrons. The van der Waals surface area contributed by atoms with Crippen molar-refractivity contribution in [2.45, 2.75) is 0 Å². The minimum Gasteiger partial charge on any atom is -0.458 e. The Balaban J connectivity index is 1.08. The summed E-state index contributed by atoms with van der Waals surface area (Å²) in [6.45, 7) is 0.00714. The molecule has 0 fully saturated rings. The number of benzene rings is 9. The first-order valence-corrected chi connectivity index (χ1v) is 20.1. The van der Waals surface area contributed by atoms with Crippen molar-refractivity contribution in [3.05, 3.63) is 231 Å². The van der Waals surface area contributed by atoms with Gasteiger partial charge in [0, 0.05) is 51.2 Å². The van der Waals surface area contributed by atoms with Crippen LogP contribution in [-0.2, 0) is 0 Å². The molecule has 0 amide bonds. The topological polar surface area (TPSA) is 19.0 Å². The zero-order valence-electron chi connectivity index (χ0n) is 32.3. The van der Waals surface area contributed by atoms with Gasteiger partial charge in [-0.05, 0) is 131 Å². The van der Waals surface area contributed by atoms with E-state index in [1.54, 1.807) is 0 Å². The Hall–Kier alpha value is -7.76. The third-order valence-corrected chi connectivity index (χ3v) is 11.5. The number of hydrogen-bond acceptors (Lipinski definition) is 4. The van der Waals surface area contributed by atoms with Gasteiger partial charge in [-0.1, -0.05) is 127 Å². The molecule has 2 aliphatic rings. The molecule has 5 heteroatoms. The Kier molecular flexibility index (Phi) is 8.56. The number of rotatable bonds is 8. The van der Waals surface area contributed by atoms with Gasteiger partial charge in [-0.3, -0.25) is 0 Å². The number of hydrogen-bond donors (Lipinski definition) is 0. The highest BCUT2D eigenvalue weighted by Crippen LogP contribution is 2.45. The summed E-state index contributed by atoms with van der Waals surface area (Å²) in [5, 5.41) is 0. The molecule has 0 atom stereocenters. The van der Waals surface area contributed by atoms with Gasteiger partial charge in [0.2, 0.25) is 0 Å².